The molecule has 7 atom stereocenters. The zero-order valence-electron chi connectivity index (χ0n) is 11.1. The molecule has 0 saturated heterocycles. The van der Waals surface area contributed by atoms with E-state index >= 15 is 0 Å². The lowest BCUT2D eigenvalue weighted by Gasteiger charge is -2.53. The van der Waals surface area contributed by atoms with E-state index in [4.69, 9.17) is 0 Å². The van der Waals surface area contributed by atoms with Crippen LogP contribution in [0.25, 0.3) is 0 Å². The van der Waals surface area contributed by atoms with Crippen LogP contribution in [0.4, 0.5) is 0 Å². The quantitative estimate of drug-likeness (QED) is 0.567. The van der Waals surface area contributed by atoms with E-state index in [0.717, 1.165) is 46.8 Å². The van der Waals surface area contributed by atoms with Crippen molar-refractivity contribution in [1.82, 2.24) is 0 Å². The minimum atomic E-state index is 0.839. The predicted molar refractivity (Wildman–Crippen MR) is 67.0 cm³/mol. The van der Waals surface area contributed by atoms with Gasteiger partial charge in [-0.2, -0.15) is 0 Å². The summed E-state index contributed by atoms with van der Waals surface area (Å²) < 4.78 is 0. The van der Waals surface area contributed by atoms with Crippen LogP contribution in [-0.2, 0) is 0 Å². The van der Waals surface area contributed by atoms with Crippen LogP contribution in [0, 0.1) is 46.8 Å². The zero-order valence-corrected chi connectivity index (χ0v) is 11.1. The highest BCUT2D eigenvalue weighted by molar-refractivity contribution is 5.12. The molecule has 0 aromatic carbocycles. The van der Waals surface area contributed by atoms with Crippen LogP contribution in [0.15, 0.2) is 0 Å². The molecule has 0 N–H and O–H groups in total. The molecule has 90 valence electrons. The van der Waals surface area contributed by atoms with Gasteiger partial charge < -0.3 is 0 Å². The zero-order chi connectivity index (χ0) is 11.1. The molecule has 6 aliphatic rings. The average molecular weight is 218 g/mol. The van der Waals surface area contributed by atoms with Gasteiger partial charge in [-0.3, -0.25) is 0 Å². The van der Waals surface area contributed by atoms with Crippen molar-refractivity contribution in [2.45, 2.75) is 52.9 Å². The Kier molecular flexibility index (Phi) is 1.79. The van der Waals surface area contributed by atoms with Gasteiger partial charge in [-0.05, 0) is 78.9 Å². The largest absolute Gasteiger partial charge is 0.0620 e. The molecule has 5 unspecified atom stereocenters. The summed E-state index contributed by atoms with van der Waals surface area (Å²) in [4.78, 5) is 0. The van der Waals surface area contributed by atoms with Crippen LogP contribution in [0.1, 0.15) is 52.9 Å². The molecule has 0 aromatic rings. The Hall–Kier alpha value is 0. The van der Waals surface area contributed by atoms with Crippen LogP contribution in [0.5, 0.6) is 0 Å². The summed E-state index contributed by atoms with van der Waals surface area (Å²) in [6, 6.07) is 0. The van der Waals surface area contributed by atoms with Crippen molar-refractivity contribution in [3.8, 4) is 0 Å². The third kappa shape index (κ3) is 1.03. The van der Waals surface area contributed by atoms with Crippen molar-refractivity contribution in [1.29, 1.82) is 0 Å². The minimum Gasteiger partial charge on any atom is -0.0620 e. The molecule has 0 radical (unpaired) electrons. The van der Waals surface area contributed by atoms with E-state index in [9.17, 15) is 0 Å². The second-order valence-electron chi connectivity index (χ2n) is 7.83. The van der Waals surface area contributed by atoms with E-state index in [-0.39, 0.29) is 0 Å². The van der Waals surface area contributed by atoms with E-state index in [2.05, 4.69) is 20.8 Å². The van der Waals surface area contributed by atoms with Crippen molar-refractivity contribution >= 4 is 0 Å². The summed E-state index contributed by atoms with van der Waals surface area (Å²) in [5.74, 6) is 7.62. The lowest BCUT2D eigenvalue weighted by molar-refractivity contribution is -0.0466. The second kappa shape index (κ2) is 2.87. The molecule has 0 aliphatic heterocycles. The molecule has 6 fully saturated rings. The summed E-state index contributed by atoms with van der Waals surface area (Å²) >= 11 is 0. The van der Waals surface area contributed by atoms with Gasteiger partial charge in [0.2, 0.25) is 0 Å². The molecule has 0 aromatic heterocycles. The van der Waals surface area contributed by atoms with Crippen molar-refractivity contribution in [3.05, 3.63) is 0 Å². The van der Waals surface area contributed by atoms with Gasteiger partial charge in [0.05, 0.1) is 0 Å². The van der Waals surface area contributed by atoms with E-state index in [0.29, 0.717) is 0 Å². The first-order valence-corrected chi connectivity index (χ1v) is 7.62. The minimum absolute atomic E-state index is 0.839. The molecule has 6 saturated carbocycles. The Bertz CT molecular complexity index is 294. The van der Waals surface area contributed by atoms with Crippen LogP contribution < -0.4 is 0 Å². The molecule has 6 rings (SSSR count). The first-order valence-electron chi connectivity index (χ1n) is 7.62. The number of fused-ring (bicyclic) bond motifs is 1. The summed E-state index contributed by atoms with van der Waals surface area (Å²) in [7, 11) is 0. The first-order chi connectivity index (χ1) is 7.62. The topological polar surface area (TPSA) is 0 Å². The molecule has 4 bridgehead atoms. The van der Waals surface area contributed by atoms with Crippen LogP contribution in [0.3, 0.4) is 0 Å². The molecule has 0 heteroatoms. The summed E-state index contributed by atoms with van der Waals surface area (Å²) in [5.41, 5.74) is 0.839. The molecular weight excluding hydrogens is 192 g/mol. The standard InChI is InChI=1S/C16H26/c1-9-6-16(9)7-14-10(2)12-4-5-13(14)11(3)15(12)8-16/h9-15H,4-8H2,1-3H3/t9?,10-,11-,12?,13?,14?,15?,16?/m0/s1. The Morgan fingerprint density at radius 2 is 1.12 bits per heavy atom. The van der Waals surface area contributed by atoms with E-state index in [1.54, 1.807) is 32.1 Å². The molecule has 0 heterocycles. The maximum Gasteiger partial charge on any atom is -0.0263 e. The smallest absolute Gasteiger partial charge is 0.0263 e. The Morgan fingerprint density at radius 3 is 1.50 bits per heavy atom. The predicted octanol–water partition coefficient (Wildman–Crippen LogP) is 4.35. The van der Waals surface area contributed by atoms with Crippen LogP contribution in [-0.4, -0.2) is 0 Å². The number of rotatable bonds is 0. The lowest BCUT2D eigenvalue weighted by atomic mass is 9.52. The van der Waals surface area contributed by atoms with E-state index < -0.39 is 0 Å². The maximum absolute atomic E-state index is 2.59. The van der Waals surface area contributed by atoms with Crippen LogP contribution >= 0.6 is 0 Å². The maximum atomic E-state index is 2.59. The third-order valence-electron chi connectivity index (χ3n) is 7.52. The van der Waals surface area contributed by atoms with Crippen molar-refractivity contribution in [2.75, 3.05) is 0 Å². The van der Waals surface area contributed by atoms with Crippen molar-refractivity contribution in [2.24, 2.45) is 46.8 Å². The molecular formula is C16H26. The van der Waals surface area contributed by atoms with Gasteiger partial charge in [0.15, 0.2) is 0 Å². The fourth-order valence-corrected chi connectivity index (χ4v) is 6.35. The molecule has 16 heavy (non-hydrogen) atoms. The van der Waals surface area contributed by atoms with Gasteiger partial charge in [-0.25, -0.2) is 0 Å². The number of hydrogen-bond donors (Lipinski definition) is 0. The second-order valence-corrected chi connectivity index (χ2v) is 7.83. The Labute approximate surface area is 100 Å². The van der Waals surface area contributed by atoms with E-state index in [1.165, 1.54) is 0 Å². The summed E-state index contributed by atoms with van der Waals surface area (Å²) in [5, 5.41) is 0. The summed E-state index contributed by atoms with van der Waals surface area (Å²) in [6.07, 6.45) is 7.93. The Morgan fingerprint density at radius 1 is 0.688 bits per heavy atom. The van der Waals surface area contributed by atoms with Crippen molar-refractivity contribution < 1.29 is 0 Å². The third-order valence-corrected chi connectivity index (χ3v) is 7.52. The summed E-state index contributed by atoms with van der Waals surface area (Å²) in [6.45, 7) is 7.70. The van der Waals surface area contributed by atoms with Gasteiger partial charge >= 0.3 is 0 Å². The molecule has 0 nitrogen and oxygen atoms in total. The van der Waals surface area contributed by atoms with Crippen molar-refractivity contribution in [3.63, 3.8) is 0 Å². The van der Waals surface area contributed by atoms with Gasteiger partial charge in [0.25, 0.3) is 0 Å². The van der Waals surface area contributed by atoms with Gasteiger partial charge in [-0.1, -0.05) is 20.8 Å². The van der Waals surface area contributed by atoms with Gasteiger partial charge in [-0.15, -0.1) is 0 Å². The molecule has 0 amide bonds. The fourth-order valence-electron chi connectivity index (χ4n) is 6.35. The molecule has 6 aliphatic carbocycles. The van der Waals surface area contributed by atoms with Gasteiger partial charge in [0, 0.05) is 0 Å². The average Bonchev–Trinajstić information content (AvgIpc) is 2.90. The first kappa shape index (κ1) is 9.97. The monoisotopic (exact) mass is 218 g/mol. The fraction of sp³-hybridized carbons (Fsp3) is 1.00. The molecule has 1 spiro atoms. The SMILES string of the molecule is CC1CC12CC1C3CCC(C(C2)[C@H]3C)[C@@H]1C. The highest BCUT2D eigenvalue weighted by Crippen LogP contribution is 2.71. The lowest BCUT2D eigenvalue weighted by Crippen LogP contribution is -2.47. The normalized spacial score (nSPS) is 67.3. The highest BCUT2D eigenvalue weighted by Gasteiger charge is 2.62. The van der Waals surface area contributed by atoms with Crippen LogP contribution in [0.2, 0.25) is 0 Å². The highest BCUT2D eigenvalue weighted by atomic mass is 14.7. The Balaban J connectivity index is 1.76. The van der Waals surface area contributed by atoms with Gasteiger partial charge in [0.1, 0.15) is 0 Å². The number of hydrogen-bond acceptors (Lipinski definition) is 0. The van der Waals surface area contributed by atoms with E-state index in [1.807, 2.05) is 0 Å².